The molecule has 1 fully saturated rings. The average Bonchev–Trinajstić information content (AvgIpc) is 3.20. The zero-order valence-corrected chi connectivity index (χ0v) is 36.2. The molecule has 17 heteroatoms. The lowest BCUT2D eigenvalue weighted by Crippen LogP contribution is -2.57. The van der Waals surface area contributed by atoms with Crippen molar-refractivity contribution in [3.05, 3.63) is 48.6 Å². The third-order valence-electron chi connectivity index (χ3n) is 8.67. The summed E-state index contributed by atoms with van der Waals surface area (Å²) in [5.41, 5.74) is 1.000. The van der Waals surface area contributed by atoms with Gasteiger partial charge in [-0.3, -0.25) is 19.2 Å². The Morgan fingerprint density at radius 2 is 0.754 bits per heavy atom. The highest BCUT2D eigenvalue weighted by atomic mass is 16.6. The van der Waals surface area contributed by atoms with Gasteiger partial charge < -0.3 is 42.6 Å². The molecule has 1 rings (SSSR count). The van der Waals surface area contributed by atoms with Crippen molar-refractivity contribution in [3.8, 4) is 0 Å². The van der Waals surface area contributed by atoms with Crippen molar-refractivity contribution < 1.29 is 81.0 Å². The molecular formula is C44H64O17. The minimum atomic E-state index is -1.30. The first kappa shape index (κ1) is 53.7. The molecule has 1 aliphatic rings. The van der Waals surface area contributed by atoms with Crippen molar-refractivity contribution in [2.24, 2.45) is 0 Å². The van der Waals surface area contributed by atoms with Gasteiger partial charge in [-0.15, -0.1) is 0 Å². The predicted octanol–water partition coefficient (Wildman–Crippen LogP) is 5.60. The molecule has 0 saturated carbocycles. The SMILES string of the molecule is C=C(C)C(=O)OCCCCC(=O)OCCCC1OC[C@@H](OC(=O)CCCCOC(=O)C(=C)C)[C@H](OC(=O)CCCCOC(=O)C(=C)C)[C@H]1OC(=O)CCCCOC(=O)C(=C)C. The van der Waals surface area contributed by atoms with Crippen LogP contribution in [0.2, 0.25) is 0 Å². The Kier molecular flexibility index (Phi) is 27.0. The van der Waals surface area contributed by atoms with E-state index in [4.69, 9.17) is 42.6 Å². The number of unbranched alkanes of at least 4 members (excludes halogenated alkanes) is 4. The van der Waals surface area contributed by atoms with E-state index in [2.05, 4.69) is 26.3 Å². The summed E-state index contributed by atoms with van der Waals surface area (Å²) >= 11 is 0. The molecule has 342 valence electrons. The van der Waals surface area contributed by atoms with Gasteiger partial charge >= 0.3 is 47.8 Å². The fourth-order valence-electron chi connectivity index (χ4n) is 5.30. The molecule has 0 aromatic carbocycles. The van der Waals surface area contributed by atoms with E-state index in [0.29, 0.717) is 38.5 Å². The predicted molar refractivity (Wildman–Crippen MR) is 218 cm³/mol. The van der Waals surface area contributed by atoms with Crippen LogP contribution in [-0.2, 0) is 81.0 Å². The molecule has 1 saturated heterocycles. The van der Waals surface area contributed by atoms with Crippen LogP contribution >= 0.6 is 0 Å². The molecule has 0 aromatic rings. The molecule has 0 amide bonds. The van der Waals surface area contributed by atoms with Gasteiger partial charge in [-0.05, 0) is 91.9 Å². The minimum absolute atomic E-state index is 0.00654. The third kappa shape index (κ3) is 24.5. The Bertz CT molecular complexity index is 1540. The van der Waals surface area contributed by atoms with E-state index in [1.165, 1.54) is 27.7 Å². The van der Waals surface area contributed by atoms with E-state index in [1.54, 1.807) is 0 Å². The Morgan fingerprint density at radius 3 is 1.13 bits per heavy atom. The Balaban J connectivity index is 3.07. The van der Waals surface area contributed by atoms with Crippen LogP contribution in [0.4, 0.5) is 0 Å². The van der Waals surface area contributed by atoms with Gasteiger partial charge in [-0.2, -0.15) is 0 Å². The van der Waals surface area contributed by atoms with Crippen LogP contribution in [-0.4, -0.2) is 112 Å². The summed E-state index contributed by atoms with van der Waals surface area (Å²) in [6, 6.07) is 0. The molecule has 1 heterocycles. The second-order valence-electron chi connectivity index (χ2n) is 14.7. The second kappa shape index (κ2) is 30.7. The van der Waals surface area contributed by atoms with Crippen molar-refractivity contribution in [1.29, 1.82) is 0 Å². The van der Waals surface area contributed by atoms with Crippen molar-refractivity contribution in [3.63, 3.8) is 0 Å². The van der Waals surface area contributed by atoms with E-state index in [9.17, 15) is 38.4 Å². The van der Waals surface area contributed by atoms with Crippen molar-refractivity contribution in [1.82, 2.24) is 0 Å². The molecule has 0 aliphatic carbocycles. The number of ether oxygens (including phenoxy) is 9. The van der Waals surface area contributed by atoms with E-state index in [0.717, 1.165) is 0 Å². The van der Waals surface area contributed by atoms with Crippen LogP contribution in [0.1, 0.15) is 118 Å². The highest BCUT2D eigenvalue weighted by Crippen LogP contribution is 2.28. The van der Waals surface area contributed by atoms with Gasteiger partial charge in [0.1, 0.15) is 0 Å². The summed E-state index contributed by atoms with van der Waals surface area (Å²) in [4.78, 5) is 98.5. The van der Waals surface area contributed by atoms with Gasteiger partial charge in [0.05, 0.1) is 45.7 Å². The summed E-state index contributed by atoms with van der Waals surface area (Å²) in [7, 11) is 0. The number of hydrogen-bond donors (Lipinski definition) is 0. The molecule has 0 N–H and O–H groups in total. The van der Waals surface area contributed by atoms with Gasteiger partial charge in [-0.1, -0.05) is 26.3 Å². The van der Waals surface area contributed by atoms with Crippen LogP contribution in [0.5, 0.6) is 0 Å². The Morgan fingerprint density at radius 1 is 0.426 bits per heavy atom. The summed E-state index contributed by atoms with van der Waals surface area (Å²) in [5, 5.41) is 0. The van der Waals surface area contributed by atoms with Gasteiger partial charge in [0.25, 0.3) is 0 Å². The maximum Gasteiger partial charge on any atom is 0.333 e. The maximum atomic E-state index is 13.3. The zero-order valence-electron chi connectivity index (χ0n) is 36.2. The van der Waals surface area contributed by atoms with E-state index in [1.807, 2.05) is 0 Å². The molecule has 1 unspecified atom stereocenters. The van der Waals surface area contributed by atoms with Gasteiger partial charge in [0.15, 0.2) is 18.3 Å². The normalized spacial score (nSPS) is 16.8. The first-order valence-electron chi connectivity index (χ1n) is 20.6. The smallest absolute Gasteiger partial charge is 0.333 e. The first-order valence-corrected chi connectivity index (χ1v) is 20.6. The highest BCUT2D eigenvalue weighted by Gasteiger charge is 2.47. The van der Waals surface area contributed by atoms with Crippen LogP contribution < -0.4 is 0 Å². The molecule has 0 spiro atoms. The molecule has 17 nitrogen and oxygen atoms in total. The number of hydrogen-bond acceptors (Lipinski definition) is 17. The largest absolute Gasteiger partial charge is 0.466 e. The van der Waals surface area contributed by atoms with Crippen molar-refractivity contribution in [2.45, 2.75) is 142 Å². The third-order valence-corrected chi connectivity index (χ3v) is 8.67. The monoisotopic (exact) mass is 864 g/mol. The fraction of sp³-hybridized carbons (Fsp3) is 0.636. The standard InChI is InChI=1S/C44H64O17/c1-29(2)41(49)54-23-13-9-19-35(45)53-27-17-18-33-39(60-37(47)21-11-15-25-56-43(51)31(5)6)40(61-38(48)22-12-16-26-57-44(52)32(7)8)34(28-58-33)59-36(46)20-10-14-24-55-42(50)30(3)4/h33-34,39-40H,1,3,5,7,9-28H2,2,4,6,8H3/t33?,34-,39+,40+/m1/s1. The lowest BCUT2D eigenvalue weighted by atomic mass is 9.96. The number of carbonyl (C=O) groups excluding carboxylic acids is 8. The second-order valence-corrected chi connectivity index (χ2v) is 14.7. The quantitative estimate of drug-likeness (QED) is 0.0358. The highest BCUT2D eigenvalue weighted by molar-refractivity contribution is 5.88. The van der Waals surface area contributed by atoms with Gasteiger partial charge in [-0.25, -0.2) is 19.2 Å². The summed E-state index contributed by atoms with van der Waals surface area (Å²) in [6.45, 7) is 20.3. The van der Waals surface area contributed by atoms with Crippen LogP contribution in [0.3, 0.4) is 0 Å². The molecular weight excluding hydrogens is 800 g/mol. The lowest BCUT2D eigenvalue weighted by molar-refractivity contribution is -0.229. The Labute approximate surface area is 358 Å². The van der Waals surface area contributed by atoms with Crippen molar-refractivity contribution in [2.75, 3.05) is 39.6 Å². The van der Waals surface area contributed by atoms with E-state index < -0.39 is 72.2 Å². The molecule has 0 aromatic heterocycles. The molecule has 61 heavy (non-hydrogen) atoms. The Hall–Kier alpha value is -5.32. The molecule has 0 radical (unpaired) electrons. The molecule has 1 aliphatic heterocycles. The fourth-order valence-corrected chi connectivity index (χ4v) is 5.30. The van der Waals surface area contributed by atoms with Gasteiger partial charge in [0, 0.05) is 48.0 Å². The maximum absolute atomic E-state index is 13.3. The molecule has 4 atom stereocenters. The number of carbonyl (C=O) groups is 8. The average molecular weight is 865 g/mol. The van der Waals surface area contributed by atoms with E-state index >= 15 is 0 Å². The summed E-state index contributed by atoms with van der Waals surface area (Å²) in [6.07, 6.45) is -1.54. The number of rotatable bonds is 31. The molecule has 0 bridgehead atoms. The first-order chi connectivity index (χ1) is 28.9. The van der Waals surface area contributed by atoms with Crippen LogP contribution in [0, 0.1) is 0 Å². The topological polar surface area (TPSA) is 220 Å². The number of esters is 8. The van der Waals surface area contributed by atoms with Crippen LogP contribution in [0.15, 0.2) is 48.6 Å². The van der Waals surface area contributed by atoms with Crippen LogP contribution in [0.25, 0.3) is 0 Å². The lowest BCUT2D eigenvalue weighted by Gasteiger charge is -2.41. The zero-order chi connectivity index (χ0) is 45.7. The van der Waals surface area contributed by atoms with E-state index in [-0.39, 0.29) is 113 Å². The summed E-state index contributed by atoms with van der Waals surface area (Å²) in [5.74, 6) is -4.66. The summed E-state index contributed by atoms with van der Waals surface area (Å²) < 4.78 is 49.2. The minimum Gasteiger partial charge on any atom is -0.466 e. The van der Waals surface area contributed by atoms with Gasteiger partial charge in [0.2, 0.25) is 0 Å². The van der Waals surface area contributed by atoms with Crippen molar-refractivity contribution >= 4 is 47.8 Å².